The van der Waals surface area contributed by atoms with E-state index in [1.807, 2.05) is 25.5 Å². The first-order chi connectivity index (χ1) is 11.1. The fourth-order valence-electron chi connectivity index (χ4n) is 2.83. The summed E-state index contributed by atoms with van der Waals surface area (Å²) in [5, 5.41) is 0. The van der Waals surface area contributed by atoms with E-state index in [9.17, 15) is 13.2 Å². The fraction of sp³-hybridized carbons (Fsp3) is 0.500. The van der Waals surface area contributed by atoms with Crippen molar-refractivity contribution in [3.05, 3.63) is 41.5 Å². The quantitative estimate of drug-likeness (QED) is 0.834. The van der Waals surface area contributed by atoms with E-state index in [1.165, 1.54) is 17.7 Å². The molecule has 1 aromatic carbocycles. The van der Waals surface area contributed by atoms with Crippen LogP contribution in [0.25, 0.3) is 0 Å². The van der Waals surface area contributed by atoms with Crippen LogP contribution in [0.2, 0.25) is 0 Å². The largest absolute Gasteiger partial charge is 0.443 e. The van der Waals surface area contributed by atoms with Gasteiger partial charge in [0.1, 0.15) is 5.60 Å². The summed E-state index contributed by atoms with van der Waals surface area (Å²) in [6.07, 6.45) is 3.94. The highest BCUT2D eigenvalue weighted by atomic mass is 32.2. The van der Waals surface area contributed by atoms with Crippen LogP contribution in [0.1, 0.15) is 45.6 Å². The molecule has 0 heterocycles. The summed E-state index contributed by atoms with van der Waals surface area (Å²) in [4.78, 5) is 12.1. The van der Waals surface area contributed by atoms with Gasteiger partial charge in [-0.25, -0.2) is 17.9 Å². The number of aryl methyl sites for hydroxylation is 1. The summed E-state index contributed by atoms with van der Waals surface area (Å²) >= 11 is 0. The summed E-state index contributed by atoms with van der Waals surface area (Å²) in [6.45, 7) is 7.60. The van der Waals surface area contributed by atoms with Crippen LogP contribution in [-0.4, -0.2) is 20.1 Å². The van der Waals surface area contributed by atoms with Gasteiger partial charge in [0.2, 0.25) is 0 Å². The molecule has 5 nitrogen and oxygen atoms in total. The monoisotopic (exact) mass is 351 g/mol. The Bertz CT molecular complexity index is 733. The molecule has 2 rings (SSSR count). The van der Waals surface area contributed by atoms with Crippen molar-refractivity contribution in [3.63, 3.8) is 0 Å². The molecule has 0 spiro atoms. The van der Waals surface area contributed by atoms with Crippen LogP contribution >= 0.6 is 0 Å². The third-order valence-electron chi connectivity index (χ3n) is 4.53. The molecule has 0 bridgehead atoms. The first kappa shape index (κ1) is 18.5. The van der Waals surface area contributed by atoms with Crippen LogP contribution < -0.4 is 4.72 Å². The summed E-state index contributed by atoms with van der Waals surface area (Å²) in [7, 11) is -3.92. The second-order valence-electron chi connectivity index (χ2n) is 6.93. The van der Waals surface area contributed by atoms with Crippen LogP contribution in [0.3, 0.4) is 0 Å². The van der Waals surface area contributed by atoms with Gasteiger partial charge in [-0.1, -0.05) is 29.3 Å². The molecule has 0 unspecified atom stereocenters. The number of nitrogens with one attached hydrogen (secondary N) is 1. The Labute approximate surface area is 144 Å². The van der Waals surface area contributed by atoms with Crippen LogP contribution in [0.15, 0.2) is 40.8 Å². The number of amides is 1. The van der Waals surface area contributed by atoms with E-state index in [-0.39, 0.29) is 10.8 Å². The Morgan fingerprint density at radius 1 is 1.21 bits per heavy atom. The Hall–Kier alpha value is -1.82. The molecular weight excluding hydrogens is 326 g/mol. The maximum atomic E-state index is 12.2. The number of hydrogen-bond donors (Lipinski definition) is 1. The van der Waals surface area contributed by atoms with Gasteiger partial charge in [-0.3, -0.25) is 0 Å². The van der Waals surface area contributed by atoms with E-state index in [0.29, 0.717) is 0 Å². The Morgan fingerprint density at radius 3 is 2.38 bits per heavy atom. The minimum atomic E-state index is -3.92. The van der Waals surface area contributed by atoms with Gasteiger partial charge in [-0.2, -0.15) is 0 Å². The highest BCUT2D eigenvalue weighted by molar-refractivity contribution is 7.90. The van der Waals surface area contributed by atoms with E-state index in [1.54, 1.807) is 12.1 Å². The Kier molecular flexibility index (Phi) is 5.38. The van der Waals surface area contributed by atoms with Crippen LogP contribution in [-0.2, 0) is 14.8 Å². The zero-order valence-electron chi connectivity index (χ0n) is 14.6. The highest BCUT2D eigenvalue weighted by Gasteiger charge is 2.34. The molecule has 1 aliphatic carbocycles. The normalized spacial score (nSPS) is 18.7. The first-order valence-electron chi connectivity index (χ1n) is 8.08. The van der Waals surface area contributed by atoms with Crippen molar-refractivity contribution >= 4 is 16.1 Å². The topological polar surface area (TPSA) is 72.5 Å². The molecule has 24 heavy (non-hydrogen) atoms. The van der Waals surface area contributed by atoms with Crippen molar-refractivity contribution in [2.45, 2.75) is 57.5 Å². The molecular formula is C18H25NO4S. The van der Waals surface area contributed by atoms with Crippen LogP contribution in [0.4, 0.5) is 4.79 Å². The molecule has 132 valence electrons. The zero-order chi connectivity index (χ0) is 18.0. The zero-order valence-corrected chi connectivity index (χ0v) is 15.4. The second kappa shape index (κ2) is 6.97. The van der Waals surface area contributed by atoms with E-state index < -0.39 is 21.7 Å². The number of carbonyl (C=O) groups excluding carboxylic acids is 1. The minimum absolute atomic E-state index is 0.0408. The SMILES string of the molecule is CC1=CC[C@H](C(C)(C)OC(=O)NS(=O)(=O)c2ccc(C)cc2)CC1. The minimum Gasteiger partial charge on any atom is -0.443 e. The molecule has 1 N–H and O–H groups in total. The molecule has 1 atom stereocenters. The molecule has 1 aliphatic rings. The third kappa shape index (κ3) is 4.60. The van der Waals surface area contributed by atoms with E-state index >= 15 is 0 Å². The standard InChI is InChI=1S/C18H25NO4S/c1-13-5-9-15(10-6-13)18(3,4)23-17(20)19-24(21,22)16-11-7-14(2)8-12-16/h5,7-8,11-12,15H,6,9-10H2,1-4H3,(H,19,20)/t15-/m0/s1. The van der Waals surface area contributed by atoms with Crippen LogP contribution in [0.5, 0.6) is 0 Å². The van der Waals surface area contributed by atoms with Crippen molar-refractivity contribution in [1.82, 2.24) is 4.72 Å². The summed E-state index contributed by atoms with van der Waals surface area (Å²) in [6, 6.07) is 6.29. The number of ether oxygens (including phenoxy) is 1. The second-order valence-corrected chi connectivity index (χ2v) is 8.62. The molecule has 1 aromatic rings. The molecule has 6 heteroatoms. The van der Waals surface area contributed by atoms with Crippen LogP contribution in [0, 0.1) is 12.8 Å². The van der Waals surface area contributed by atoms with Gasteiger partial charge in [0.05, 0.1) is 4.90 Å². The van der Waals surface area contributed by atoms with Gasteiger partial charge < -0.3 is 4.74 Å². The maximum absolute atomic E-state index is 12.2. The first-order valence-corrected chi connectivity index (χ1v) is 9.56. The fourth-order valence-corrected chi connectivity index (χ4v) is 3.70. The number of rotatable bonds is 4. The Morgan fingerprint density at radius 2 is 1.83 bits per heavy atom. The molecule has 0 saturated carbocycles. The van der Waals surface area contributed by atoms with Crippen molar-refractivity contribution in [3.8, 4) is 0 Å². The molecule has 0 radical (unpaired) electrons. The number of allylic oxidation sites excluding steroid dienone is 2. The average molecular weight is 351 g/mol. The lowest BCUT2D eigenvalue weighted by Crippen LogP contribution is -2.42. The average Bonchev–Trinajstić information content (AvgIpc) is 2.46. The van der Waals surface area contributed by atoms with Gasteiger partial charge in [0.25, 0.3) is 10.0 Å². The van der Waals surface area contributed by atoms with Crippen molar-refractivity contribution in [2.75, 3.05) is 0 Å². The molecule has 1 amide bonds. The summed E-state index contributed by atoms with van der Waals surface area (Å²) < 4.78 is 31.9. The summed E-state index contributed by atoms with van der Waals surface area (Å²) in [5.74, 6) is 0.175. The lowest BCUT2D eigenvalue weighted by molar-refractivity contribution is -0.00679. The predicted octanol–water partition coefficient (Wildman–Crippen LogP) is 3.93. The van der Waals surface area contributed by atoms with Crippen molar-refractivity contribution in [2.24, 2.45) is 5.92 Å². The third-order valence-corrected chi connectivity index (χ3v) is 5.85. The summed E-state index contributed by atoms with van der Waals surface area (Å²) in [5.41, 5.74) is 1.55. The molecule has 0 aliphatic heterocycles. The highest BCUT2D eigenvalue weighted by Crippen LogP contribution is 2.34. The Balaban J connectivity index is 2.02. The van der Waals surface area contributed by atoms with Gasteiger partial charge in [0, 0.05) is 5.92 Å². The molecule has 0 saturated heterocycles. The van der Waals surface area contributed by atoms with E-state index in [0.717, 1.165) is 24.8 Å². The maximum Gasteiger partial charge on any atom is 0.421 e. The number of carbonyl (C=O) groups is 1. The lowest BCUT2D eigenvalue weighted by atomic mass is 9.80. The van der Waals surface area contributed by atoms with Crippen molar-refractivity contribution < 1.29 is 17.9 Å². The van der Waals surface area contributed by atoms with Gasteiger partial charge in [-0.15, -0.1) is 0 Å². The lowest BCUT2D eigenvalue weighted by Gasteiger charge is -2.35. The predicted molar refractivity (Wildman–Crippen MR) is 93.2 cm³/mol. The number of benzene rings is 1. The number of hydrogen-bond acceptors (Lipinski definition) is 4. The molecule has 0 aromatic heterocycles. The van der Waals surface area contributed by atoms with Gasteiger partial charge >= 0.3 is 6.09 Å². The van der Waals surface area contributed by atoms with E-state index in [4.69, 9.17) is 4.74 Å². The molecule has 0 fully saturated rings. The smallest absolute Gasteiger partial charge is 0.421 e. The number of sulfonamides is 1. The van der Waals surface area contributed by atoms with Gasteiger partial charge in [-0.05, 0) is 59.1 Å². The van der Waals surface area contributed by atoms with E-state index in [2.05, 4.69) is 13.0 Å². The van der Waals surface area contributed by atoms with Crippen molar-refractivity contribution in [1.29, 1.82) is 0 Å². The van der Waals surface area contributed by atoms with Gasteiger partial charge in [0.15, 0.2) is 0 Å².